The van der Waals surface area contributed by atoms with E-state index in [0.717, 1.165) is 17.3 Å². The van der Waals surface area contributed by atoms with E-state index in [9.17, 15) is 0 Å². The lowest BCUT2D eigenvalue weighted by molar-refractivity contribution is 0.232. The first-order valence-electron chi connectivity index (χ1n) is 7.40. The van der Waals surface area contributed by atoms with Crippen molar-refractivity contribution in [3.8, 4) is 0 Å². The van der Waals surface area contributed by atoms with Gasteiger partial charge in [-0.05, 0) is 43.9 Å². The summed E-state index contributed by atoms with van der Waals surface area (Å²) in [4.78, 5) is 4.28. The summed E-state index contributed by atoms with van der Waals surface area (Å²) in [5.74, 6) is 2.03. The van der Waals surface area contributed by atoms with Crippen molar-refractivity contribution in [2.24, 2.45) is 0 Å². The van der Waals surface area contributed by atoms with Crippen LogP contribution >= 0.6 is 27.7 Å². The van der Waals surface area contributed by atoms with Gasteiger partial charge in [-0.3, -0.25) is 4.90 Å². The van der Waals surface area contributed by atoms with E-state index in [2.05, 4.69) is 45.1 Å². The number of fused-ring (bicyclic) bond motifs is 1. The van der Waals surface area contributed by atoms with E-state index in [-0.39, 0.29) is 0 Å². The van der Waals surface area contributed by atoms with Gasteiger partial charge in [0.2, 0.25) is 0 Å². The Kier molecular flexibility index (Phi) is 4.88. The SMILES string of the molecule is BrCCCC1CCCN1CC1CSc2ccccc21. The second-order valence-electron chi connectivity index (χ2n) is 5.67. The van der Waals surface area contributed by atoms with Crippen molar-refractivity contribution in [3.63, 3.8) is 0 Å². The molecule has 2 heterocycles. The lowest BCUT2D eigenvalue weighted by Crippen LogP contribution is -2.33. The van der Waals surface area contributed by atoms with E-state index < -0.39 is 0 Å². The lowest BCUT2D eigenvalue weighted by Gasteiger charge is -2.27. The molecule has 0 aromatic heterocycles. The summed E-state index contributed by atoms with van der Waals surface area (Å²) in [6, 6.07) is 9.83. The molecule has 2 unspecified atom stereocenters. The van der Waals surface area contributed by atoms with Gasteiger partial charge in [0.15, 0.2) is 0 Å². The van der Waals surface area contributed by atoms with Crippen LogP contribution in [-0.2, 0) is 0 Å². The number of hydrogen-bond donors (Lipinski definition) is 0. The van der Waals surface area contributed by atoms with Gasteiger partial charge in [-0.1, -0.05) is 34.1 Å². The Morgan fingerprint density at radius 1 is 1.32 bits per heavy atom. The highest BCUT2D eigenvalue weighted by atomic mass is 79.9. The number of halogens is 1. The summed E-state index contributed by atoms with van der Waals surface area (Å²) in [6.45, 7) is 2.59. The number of alkyl halides is 1. The zero-order valence-electron chi connectivity index (χ0n) is 11.4. The second kappa shape index (κ2) is 6.64. The van der Waals surface area contributed by atoms with E-state index >= 15 is 0 Å². The maximum absolute atomic E-state index is 3.56. The molecule has 2 aliphatic heterocycles. The van der Waals surface area contributed by atoms with Gasteiger partial charge in [-0.2, -0.15) is 0 Å². The minimum atomic E-state index is 0.755. The summed E-state index contributed by atoms with van der Waals surface area (Å²) in [5.41, 5.74) is 1.60. The third-order valence-corrected chi connectivity index (χ3v) is 6.24. The third kappa shape index (κ3) is 3.20. The molecule has 1 aromatic rings. The first-order chi connectivity index (χ1) is 9.38. The van der Waals surface area contributed by atoms with Crippen molar-refractivity contribution >= 4 is 27.7 Å². The molecule has 1 saturated heterocycles. The zero-order chi connectivity index (χ0) is 13.1. The van der Waals surface area contributed by atoms with Crippen LogP contribution in [0.25, 0.3) is 0 Å². The number of benzene rings is 1. The first-order valence-corrected chi connectivity index (χ1v) is 9.51. The lowest BCUT2D eigenvalue weighted by atomic mass is 10.00. The molecule has 0 bridgehead atoms. The van der Waals surface area contributed by atoms with Crippen LogP contribution < -0.4 is 0 Å². The number of nitrogens with zero attached hydrogens (tertiary/aromatic N) is 1. The van der Waals surface area contributed by atoms with Gasteiger partial charge in [0.05, 0.1) is 0 Å². The van der Waals surface area contributed by atoms with Crippen LogP contribution in [0.3, 0.4) is 0 Å². The Morgan fingerprint density at radius 2 is 2.21 bits per heavy atom. The smallest absolute Gasteiger partial charge is 0.0108 e. The molecule has 1 nitrogen and oxygen atoms in total. The summed E-state index contributed by atoms with van der Waals surface area (Å²) >= 11 is 5.61. The Labute approximate surface area is 129 Å². The maximum Gasteiger partial charge on any atom is 0.0108 e. The van der Waals surface area contributed by atoms with E-state index in [1.54, 1.807) is 5.56 Å². The first kappa shape index (κ1) is 14.0. The van der Waals surface area contributed by atoms with Gasteiger partial charge >= 0.3 is 0 Å². The Balaban J connectivity index is 1.62. The highest BCUT2D eigenvalue weighted by Crippen LogP contribution is 2.40. The summed E-state index contributed by atoms with van der Waals surface area (Å²) in [7, 11) is 0. The van der Waals surface area contributed by atoms with E-state index in [4.69, 9.17) is 0 Å². The molecule has 0 saturated carbocycles. The predicted octanol–water partition coefficient (Wildman–Crippen LogP) is 4.52. The average Bonchev–Trinajstić information content (AvgIpc) is 3.05. The molecule has 2 atom stereocenters. The molecular formula is C16H22BrNS. The number of likely N-dealkylation sites (tertiary alicyclic amines) is 1. The largest absolute Gasteiger partial charge is 0.300 e. The van der Waals surface area contributed by atoms with Crippen LogP contribution in [0.1, 0.15) is 37.2 Å². The summed E-state index contributed by atoms with van der Waals surface area (Å²) < 4.78 is 0. The summed E-state index contributed by atoms with van der Waals surface area (Å²) in [6.07, 6.45) is 5.49. The van der Waals surface area contributed by atoms with Crippen molar-refractivity contribution < 1.29 is 0 Å². The van der Waals surface area contributed by atoms with Crippen molar-refractivity contribution in [2.45, 2.75) is 42.5 Å². The van der Waals surface area contributed by atoms with Crippen molar-refractivity contribution in [2.75, 3.05) is 24.2 Å². The van der Waals surface area contributed by atoms with Crippen LogP contribution in [0.4, 0.5) is 0 Å². The average molecular weight is 340 g/mol. The Morgan fingerprint density at radius 3 is 3.11 bits per heavy atom. The maximum atomic E-state index is 3.56. The van der Waals surface area contributed by atoms with Crippen LogP contribution in [0, 0.1) is 0 Å². The van der Waals surface area contributed by atoms with Crippen LogP contribution in [-0.4, -0.2) is 35.1 Å². The van der Waals surface area contributed by atoms with Crippen molar-refractivity contribution in [3.05, 3.63) is 29.8 Å². The quantitative estimate of drug-likeness (QED) is 0.725. The monoisotopic (exact) mass is 339 g/mol. The minimum Gasteiger partial charge on any atom is -0.300 e. The molecule has 1 aromatic carbocycles. The molecule has 0 aliphatic carbocycles. The molecule has 19 heavy (non-hydrogen) atoms. The second-order valence-corrected chi connectivity index (χ2v) is 7.52. The number of hydrogen-bond acceptors (Lipinski definition) is 2. The fraction of sp³-hybridized carbons (Fsp3) is 0.625. The molecule has 3 rings (SSSR count). The van der Waals surface area contributed by atoms with Gasteiger partial charge in [-0.25, -0.2) is 0 Å². The normalized spacial score (nSPS) is 26.8. The van der Waals surface area contributed by atoms with Crippen LogP contribution in [0.15, 0.2) is 29.2 Å². The molecule has 0 N–H and O–H groups in total. The van der Waals surface area contributed by atoms with Crippen molar-refractivity contribution in [1.82, 2.24) is 4.90 Å². The fourth-order valence-corrected chi connectivity index (χ4v) is 5.00. The third-order valence-electron chi connectivity index (χ3n) is 4.42. The zero-order valence-corrected chi connectivity index (χ0v) is 13.8. The molecule has 3 heteroatoms. The number of thioether (sulfide) groups is 1. The van der Waals surface area contributed by atoms with E-state index in [0.29, 0.717) is 0 Å². The van der Waals surface area contributed by atoms with Gasteiger partial charge in [0.25, 0.3) is 0 Å². The van der Waals surface area contributed by atoms with Crippen LogP contribution in [0.2, 0.25) is 0 Å². The molecule has 1 fully saturated rings. The molecule has 0 amide bonds. The van der Waals surface area contributed by atoms with Crippen molar-refractivity contribution in [1.29, 1.82) is 0 Å². The molecule has 2 aliphatic rings. The van der Waals surface area contributed by atoms with E-state index in [1.807, 2.05) is 11.8 Å². The number of rotatable bonds is 5. The predicted molar refractivity (Wildman–Crippen MR) is 87.5 cm³/mol. The highest BCUT2D eigenvalue weighted by molar-refractivity contribution is 9.09. The fourth-order valence-electron chi connectivity index (χ4n) is 3.44. The van der Waals surface area contributed by atoms with Gasteiger partial charge in [0, 0.05) is 34.5 Å². The van der Waals surface area contributed by atoms with E-state index in [1.165, 1.54) is 49.4 Å². The van der Waals surface area contributed by atoms with Gasteiger partial charge in [0.1, 0.15) is 0 Å². The molecule has 0 radical (unpaired) electrons. The van der Waals surface area contributed by atoms with Gasteiger partial charge < -0.3 is 0 Å². The van der Waals surface area contributed by atoms with Gasteiger partial charge in [-0.15, -0.1) is 11.8 Å². The highest BCUT2D eigenvalue weighted by Gasteiger charge is 2.30. The molecule has 0 spiro atoms. The van der Waals surface area contributed by atoms with Crippen LogP contribution in [0.5, 0.6) is 0 Å². The Hall–Kier alpha value is 0.0100. The Bertz CT molecular complexity index is 423. The molecule has 104 valence electrons. The minimum absolute atomic E-state index is 0.755. The molecular weight excluding hydrogens is 318 g/mol. The standard InChI is InChI=1S/C16H22BrNS/c17-9-3-5-14-6-4-10-18(14)11-13-12-19-16-8-2-1-7-15(13)16/h1-2,7-8,13-14H,3-6,9-12H2. The summed E-state index contributed by atoms with van der Waals surface area (Å²) in [5, 5.41) is 1.15. The topological polar surface area (TPSA) is 3.24 Å².